The number of sulfonamides is 1. The van der Waals surface area contributed by atoms with Crippen molar-refractivity contribution in [1.29, 1.82) is 0 Å². The van der Waals surface area contributed by atoms with E-state index in [2.05, 4.69) is 4.98 Å². The van der Waals surface area contributed by atoms with Crippen LogP contribution < -0.4 is 0 Å². The van der Waals surface area contributed by atoms with Gasteiger partial charge in [0.2, 0.25) is 15.9 Å². The zero-order valence-corrected chi connectivity index (χ0v) is 18.1. The predicted octanol–water partition coefficient (Wildman–Crippen LogP) is 4.38. The lowest BCUT2D eigenvalue weighted by atomic mass is 10.2. The Bertz CT molecular complexity index is 1130. The lowest BCUT2D eigenvalue weighted by molar-refractivity contribution is 0.0439. The van der Waals surface area contributed by atoms with Crippen LogP contribution in [0.3, 0.4) is 0 Å². The Labute approximate surface area is 180 Å². The van der Waals surface area contributed by atoms with Crippen LogP contribution in [0.5, 0.6) is 0 Å². The molecule has 0 aliphatic heterocycles. The van der Waals surface area contributed by atoms with Gasteiger partial charge in [-0.3, -0.25) is 0 Å². The minimum absolute atomic E-state index is 0.0231. The lowest BCUT2D eigenvalue weighted by Crippen LogP contribution is -2.30. The van der Waals surface area contributed by atoms with Gasteiger partial charge in [-0.1, -0.05) is 55.8 Å². The Morgan fingerprint density at radius 2 is 1.83 bits per heavy atom. The Balaban J connectivity index is 1.75. The molecule has 0 aliphatic rings. The first-order chi connectivity index (χ1) is 14.4. The molecule has 0 aliphatic carbocycles. The Morgan fingerprint density at radius 3 is 2.50 bits per heavy atom. The molecule has 9 heteroatoms. The number of esters is 1. The number of rotatable bonds is 8. The molecule has 7 nitrogen and oxygen atoms in total. The smallest absolute Gasteiger partial charge is 0.340 e. The van der Waals surface area contributed by atoms with Crippen molar-refractivity contribution in [2.75, 3.05) is 13.1 Å². The zero-order chi connectivity index (χ0) is 21.7. The first-order valence-corrected chi connectivity index (χ1v) is 11.2. The van der Waals surface area contributed by atoms with Gasteiger partial charge in [0.25, 0.3) is 0 Å². The second-order valence-electron chi connectivity index (χ2n) is 6.29. The monoisotopic (exact) mass is 448 g/mol. The van der Waals surface area contributed by atoms with Gasteiger partial charge in [-0.25, -0.2) is 18.2 Å². The van der Waals surface area contributed by atoms with Crippen molar-refractivity contribution in [1.82, 2.24) is 9.29 Å². The fraction of sp³-hybridized carbons (Fsp3) is 0.238. The van der Waals surface area contributed by atoms with Crippen molar-refractivity contribution in [3.8, 4) is 11.3 Å². The summed E-state index contributed by atoms with van der Waals surface area (Å²) in [6.45, 7) is 3.90. The van der Waals surface area contributed by atoms with Gasteiger partial charge in [0.05, 0.1) is 21.7 Å². The first-order valence-electron chi connectivity index (χ1n) is 9.33. The number of ether oxygens (including phenoxy) is 1. The van der Waals surface area contributed by atoms with Gasteiger partial charge >= 0.3 is 5.97 Å². The zero-order valence-electron chi connectivity index (χ0n) is 16.5. The number of hydrogen-bond acceptors (Lipinski definition) is 6. The molecule has 0 atom stereocenters. The van der Waals surface area contributed by atoms with E-state index >= 15 is 0 Å². The van der Waals surface area contributed by atoms with Crippen molar-refractivity contribution >= 4 is 27.6 Å². The van der Waals surface area contributed by atoms with Crippen molar-refractivity contribution in [3.63, 3.8) is 0 Å². The molecule has 0 unspecified atom stereocenters. The third-order valence-corrected chi connectivity index (χ3v) is 6.82. The molecule has 3 aromatic rings. The van der Waals surface area contributed by atoms with E-state index in [9.17, 15) is 13.2 Å². The van der Waals surface area contributed by atoms with Crippen LogP contribution in [0.2, 0.25) is 5.02 Å². The summed E-state index contributed by atoms with van der Waals surface area (Å²) in [6.07, 6.45) is 1.54. The average Bonchev–Trinajstić information content (AvgIpc) is 3.22. The number of hydrogen-bond donors (Lipinski definition) is 0. The third-order valence-electron chi connectivity index (χ3n) is 4.44. The molecule has 0 amide bonds. The van der Waals surface area contributed by atoms with E-state index in [0.717, 1.165) is 5.56 Å². The van der Waals surface area contributed by atoms with Crippen LogP contribution in [0.15, 0.2) is 64.0 Å². The molecule has 0 bridgehead atoms. The average molecular weight is 449 g/mol. The number of halogens is 1. The largest absolute Gasteiger partial charge is 0.452 e. The number of nitrogens with zero attached hydrogens (tertiary/aromatic N) is 2. The lowest BCUT2D eigenvalue weighted by Gasteiger charge is -2.19. The topological polar surface area (TPSA) is 89.7 Å². The standard InChI is InChI=1S/C21H21ClN2O5S/c1-3-24(4-2)30(26,27)16-10-11-18(22)17(12-16)21(25)28-14-20-23-13-19(29-20)15-8-6-5-7-9-15/h5-13H,3-4,14H2,1-2H3. The van der Waals surface area contributed by atoms with Crippen LogP contribution in [-0.2, 0) is 21.4 Å². The molecule has 0 spiro atoms. The molecule has 0 saturated heterocycles. The fourth-order valence-corrected chi connectivity index (χ4v) is 4.53. The van der Waals surface area contributed by atoms with Crippen molar-refractivity contribution in [3.05, 3.63) is 71.2 Å². The summed E-state index contributed by atoms with van der Waals surface area (Å²) < 4.78 is 37.5. The molecule has 2 aromatic carbocycles. The van der Waals surface area contributed by atoms with Crippen LogP contribution in [0, 0.1) is 0 Å². The SMILES string of the molecule is CCN(CC)S(=O)(=O)c1ccc(Cl)c(C(=O)OCc2ncc(-c3ccccc3)o2)c1. The normalized spacial score (nSPS) is 11.6. The molecule has 1 heterocycles. The Kier molecular flexibility index (Phi) is 6.91. The van der Waals surface area contributed by atoms with Crippen molar-refractivity contribution in [2.24, 2.45) is 0 Å². The number of carbonyl (C=O) groups excluding carboxylic acids is 1. The van der Waals surface area contributed by atoms with Crippen molar-refractivity contribution in [2.45, 2.75) is 25.3 Å². The van der Waals surface area contributed by atoms with E-state index in [1.54, 1.807) is 20.0 Å². The van der Waals surface area contributed by atoms with Gasteiger partial charge in [0.15, 0.2) is 12.4 Å². The summed E-state index contributed by atoms with van der Waals surface area (Å²) in [4.78, 5) is 16.6. The van der Waals surface area contributed by atoms with Gasteiger partial charge < -0.3 is 9.15 Å². The molecule has 0 fully saturated rings. The highest BCUT2D eigenvalue weighted by Crippen LogP contribution is 2.25. The molecule has 30 heavy (non-hydrogen) atoms. The molecular weight excluding hydrogens is 428 g/mol. The van der Waals surface area contributed by atoms with E-state index in [1.807, 2.05) is 30.3 Å². The molecular formula is C21H21ClN2O5S. The predicted molar refractivity (Wildman–Crippen MR) is 113 cm³/mol. The summed E-state index contributed by atoms with van der Waals surface area (Å²) in [5.41, 5.74) is 0.805. The van der Waals surface area contributed by atoms with E-state index < -0.39 is 16.0 Å². The number of benzene rings is 2. The van der Waals surface area contributed by atoms with E-state index in [0.29, 0.717) is 18.8 Å². The van der Waals surface area contributed by atoms with Gasteiger partial charge in [-0.05, 0) is 18.2 Å². The number of carbonyl (C=O) groups is 1. The van der Waals surface area contributed by atoms with Crippen LogP contribution in [0.25, 0.3) is 11.3 Å². The molecule has 158 valence electrons. The highest BCUT2D eigenvalue weighted by atomic mass is 35.5. The minimum atomic E-state index is -3.73. The van der Waals surface area contributed by atoms with E-state index in [1.165, 1.54) is 22.5 Å². The summed E-state index contributed by atoms with van der Waals surface area (Å²) in [6, 6.07) is 13.3. The van der Waals surface area contributed by atoms with Crippen LogP contribution in [-0.4, -0.2) is 36.8 Å². The van der Waals surface area contributed by atoms with Gasteiger partial charge in [0.1, 0.15) is 0 Å². The quantitative estimate of drug-likeness (QED) is 0.475. The second kappa shape index (κ2) is 9.42. The van der Waals surface area contributed by atoms with Gasteiger partial charge in [0, 0.05) is 18.7 Å². The van der Waals surface area contributed by atoms with E-state index in [-0.39, 0.29) is 28.0 Å². The molecule has 0 saturated carbocycles. The summed E-state index contributed by atoms with van der Waals surface area (Å²) in [7, 11) is -3.73. The second-order valence-corrected chi connectivity index (χ2v) is 8.64. The fourth-order valence-electron chi connectivity index (χ4n) is 2.85. The van der Waals surface area contributed by atoms with Gasteiger partial charge in [-0.2, -0.15) is 4.31 Å². The maximum Gasteiger partial charge on any atom is 0.340 e. The highest BCUT2D eigenvalue weighted by Gasteiger charge is 2.24. The Morgan fingerprint density at radius 1 is 1.13 bits per heavy atom. The van der Waals surface area contributed by atoms with Crippen LogP contribution in [0.1, 0.15) is 30.1 Å². The third kappa shape index (κ3) is 4.72. The Hall–Kier alpha value is -2.68. The minimum Gasteiger partial charge on any atom is -0.452 e. The number of oxazole rings is 1. The van der Waals surface area contributed by atoms with Crippen LogP contribution >= 0.6 is 11.6 Å². The van der Waals surface area contributed by atoms with Gasteiger partial charge in [-0.15, -0.1) is 0 Å². The maximum atomic E-state index is 12.7. The summed E-state index contributed by atoms with van der Waals surface area (Å²) in [5, 5.41) is 0.0934. The van der Waals surface area contributed by atoms with Crippen LogP contribution in [0.4, 0.5) is 0 Å². The molecule has 0 N–H and O–H groups in total. The molecule has 0 radical (unpaired) electrons. The molecule has 3 rings (SSSR count). The first kappa shape index (κ1) is 22.0. The van der Waals surface area contributed by atoms with Crippen molar-refractivity contribution < 1.29 is 22.4 Å². The summed E-state index contributed by atoms with van der Waals surface area (Å²) >= 11 is 6.11. The highest BCUT2D eigenvalue weighted by molar-refractivity contribution is 7.89. The maximum absolute atomic E-state index is 12.7. The molecule has 1 aromatic heterocycles. The number of aromatic nitrogens is 1. The summed E-state index contributed by atoms with van der Waals surface area (Å²) in [5.74, 6) is -0.00621. The van der Waals surface area contributed by atoms with E-state index in [4.69, 9.17) is 20.8 Å².